The van der Waals surface area contributed by atoms with Gasteiger partial charge in [-0.3, -0.25) is 4.79 Å². The lowest BCUT2D eigenvalue weighted by atomic mass is 9.87. The maximum Gasteiger partial charge on any atom is 0.329 e. The molecule has 9 heteroatoms. The minimum absolute atomic E-state index is 0.0283. The van der Waals surface area contributed by atoms with Crippen molar-refractivity contribution in [2.45, 2.75) is 50.5 Å². The zero-order valence-corrected chi connectivity index (χ0v) is 23.2. The second-order valence-electron chi connectivity index (χ2n) is 9.88. The summed E-state index contributed by atoms with van der Waals surface area (Å²) in [7, 11) is -2.61. The Morgan fingerprint density at radius 2 is 1.61 bits per heavy atom. The first kappa shape index (κ1) is 28.7. The smallest absolute Gasteiger partial charge is 0.329 e. The first-order valence-corrected chi connectivity index (χ1v) is 13.9. The number of likely N-dealkylation sites (N-methyl/N-ethyl adjacent to an activating group) is 1. The van der Waals surface area contributed by atoms with Crippen LogP contribution in [0.3, 0.4) is 0 Å². The molecule has 202 valence electrons. The summed E-state index contributed by atoms with van der Waals surface area (Å²) >= 11 is 0. The number of carbonyl (C=O) groups is 2. The van der Waals surface area contributed by atoms with E-state index in [0.717, 1.165) is 11.1 Å². The molecule has 0 saturated carbocycles. The molecule has 0 aliphatic rings. The molecule has 0 saturated heterocycles. The summed E-state index contributed by atoms with van der Waals surface area (Å²) in [6, 6.07) is 20.7. The van der Waals surface area contributed by atoms with E-state index >= 15 is 0 Å². The lowest BCUT2D eigenvalue weighted by molar-refractivity contribution is -0.120. The predicted octanol–water partition coefficient (Wildman–Crippen LogP) is 4.65. The number of carbonyl (C=O) groups excluding carboxylic acids is 2. The van der Waals surface area contributed by atoms with Gasteiger partial charge in [0.15, 0.2) is 0 Å². The van der Waals surface area contributed by atoms with Gasteiger partial charge in [-0.2, -0.15) is 0 Å². The van der Waals surface area contributed by atoms with E-state index in [-0.39, 0.29) is 22.6 Å². The van der Waals surface area contributed by atoms with Crippen molar-refractivity contribution in [1.82, 2.24) is 10.0 Å². The molecule has 1 atom stereocenters. The maximum absolute atomic E-state index is 13.7. The maximum atomic E-state index is 13.7. The third-order valence-electron chi connectivity index (χ3n) is 6.09. The van der Waals surface area contributed by atoms with E-state index in [4.69, 9.17) is 4.74 Å². The Labute approximate surface area is 225 Å². The number of benzene rings is 3. The molecular weight excluding hydrogens is 502 g/mol. The Morgan fingerprint density at radius 3 is 2.18 bits per heavy atom. The summed E-state index contributed by atoms with van der Waals surface area (Å²) < 4.78 is 33.3. The van der Waals surface area contributed by atoms with Crippen LogP contribution in [0.1, 0.15) is 38.8 Å². The van der Waals surface area contributed by atoms with E-state index in [1.54, 1.807) is 43.5 Å². The van der Waals surface area contributed by atoms with Gasteiger partial charge in [-0.15, -0.1) is 0 Å². The number of ether oxygens (including phenoxy) is 1. The summed E-state index contributed by atoms with van der Waals surface area (Å²) in [6.45, 7) is 8.09. The second kappa shape index (κ2) is 12.1. The zero-order valence-electron chi connectivity index (χ0n) is 22.4. The van der Waals surface area contributed by atoms with Crippen LogP contribution >= 0.6 is 0 Å². The first-order chi connectivity index (χ1) is 17.9. The van der Waals surface area contributed by atoms with Gasteiger partial charge in [0.2, 0.25) is 5.91 Å². The van der Waals surface area contributed by atoms with Crippen molar-refractivity contribution in [3.63, 3.8) is 0 Å². The van der Waals surface area contributed by atoms with Gasteiger partial charge in [-0.25, -0.2) is 17.9 Å². The van der Waals surface area contributed by atoms with Crippen molar-refractivity contribution in [2.75, 3.05) is 18.6 Å². The number of hydrogen-bond donors (Lipinski definition) is 2. The van der Waals surface area contributed by atoms with Crippen molar-refractivity contribution < 1.29 is 22.7 Å². The Morgan fingerprint density at radius 1 is 0.947 bits per heavy atom. The molecule has 3 aromatic rings. The number of rotatable bonds is 9. The van der Waals surface area contributed by atoms with Gasteiger partial charge in [-0.05, 0) is 59.9 Å². The standard InChI is InChI=1S/C29H35N3O5S/c1-6-32(23-15-17-24(37-5)18-16-23)27(33)26(19-21-11-8-7-9-12-21)30-28(34)31-38(35,36)25-14-10-13-22(20-25)29(2,3)4/h7-18,20,26H,6,19H2,1-5H3,(H2,30,31,34)/t26-/m0/s1. The number of nitrogens with one attached hydrogen (secondary N) is 2. The fourth-order valence-corrected chi connectivity index (χ4v) is 4.92. The summed E-state index contributed by atoms with van der Waals surface area (Å²) in [5.41, 5.74) is 1.99. The number of methoxy groups -OCH3 is 1. The van der Waals surface area contributed by atoms with E-state index in [2.05, 4.69) is 10.0 Å². The number of urea groups is 1. The Kier molecular flexibility index (Phi) is 9.17. The fourth-order valence-electron chi connectivity index (χ4n) is 3.96. The van der Waals surface area contributed by atoms with Gasteiger partial charge < -0.3 is 15.0 Å². The lowest BCUT2D eigenvalue weighted by Gasteiger charge is -2.27. The lowest BCUT2D eigenvalue weighted by Crippen LogP contribution is -2.53. The average Bonchev–Trinajstić information content (AvgIpc) is 2.89. The molecule has 0 radical (unpaired) electrons. The quantitative estimate of drug-likeness (QED) is 0.414. The summed E-state index contributed by atoms with van der Waals surface area (Å²) in [5.74, 6) is 0.278. The number of amides is 3. The molecule has 38 heavy (non-hydrogen) atoms. The molecule has 8 nitrogen and oxygen atoms in total. The highest BCUT2D eigenvalue weighted by atomic mass is 32.2. The largest absolute Gasteiger partial charge is 0.497 e. The van der Waals surface area contributed by atoms with Crippen LogP contribution < -0.4 is 19.7 Å². The van der Waals surface area contributed by atoms with E-state index in [1.165, 1.54) is 11.0 Å². The normalized spacial score (nSPS) is 12.3. The highest BCUT2D eigenvalue weighted by Gasteiger charge is 2.29. The highest BCUT2D eigenvalue weighted by Crippen LogP contribution is 2.24. The third-order valence-corrected chi connectivity index (χ3v) is 7.42. The topological polar surface area (TPSA) is 105 Å². The predicted molar refractivity (Wildman–Crippen MR) is 149 cm³/mol. The second-order valence-corrected chi connectivity index (χ2v) is 11.6. The van der Waals surface area contributed by atoms with Crippen LogP contribution in [0.15, 0.2) is 83.8 Å². The van der Waals surface area contributed by atoms with Gasteiger partial charge in [0.25, 0.3) is 10.0 Å². The van der Waals surface area contributed by atoms with Crippen LogP contribution in [-0.4, -0.2) is 40.1 Å². The highest BCUT2D eigenvalue weighted by molar-refractivity contribution is 7.90. The monoisotopic (exact) mass is 537 g/mol. The SMILES string of the molecule is CCN(C(=O)[C@H](Cc1ccccc1)NC(=O)NS(=O)(=O)c1cccc(C(C)(C)C)c1)c1ccc(OC)cc1. The Bertz CT molecular complexity index is 1350. The van der Waals surface area contributed by atoms with Gasteiger partial charge in [0.05, 0.1) is 12.0 Å². The molecule has 0 spiro atoms. The molecule has 3 rings (SSSR count). The van der Waals surface area contributed by atoms with Crippen LogP contribution in [0, 0.1) is 0 Å². The molecule has 3 aromatic carbocycles. The van der Waals surface area contributed by atoms with Gasteiger partial charge >= 0.3 is 6.03 Å². The average molecular weight is 538 g/mol. The summed E-state index contributed by atoms with van der Waals surface area (Å²) in [6.07, 6.45) is 0.180. The molecule has 0 fully saturated rings. The van der Waals surface area contributed by atoms with E-state index in [1.807, 2.05) is 64.1 Å². The first-order valence-electron chi connectivity index (χ1n) is 12.4. The van der Waals surface area contributed by atoms with Gasteiger partial charge in [-0.1, -0.05) is 63.2 Å². The number of sulfonamides is 1. The zero-order chi connectivity index (χ0) is 27.9. The van der Waals surface area contributed by atoms with Gasteiger partial charge in [0.1, 0.15) is 11.8 Å². The molecule has 0 heterocycles. The minimum Gasteiger partial charge on any atom is -0.497 e. The van der Waals surface area contributed by atoms with E-state index < -0.39 is 22.1 Å². The molecule has 0 aliphatic carbocycles. The summed E-state index contributed by atoms with van der Waals surface area (Å²) in [5, 5.41) is 2.60. The van der Waals surface area contributed by atoms with Crippen molar-refractivity contribution in [2.24, 2.45) is 0 Å². The minimum atomic E-state index is -4.17. The Balaban J connectivity index is 1.85. The van der Waals surface area contributed by atoms with E-state index in [0.29, 0.717) is 18.0 Å². The molecule has 0 unspecified atom stereocenters. The number of hydrogen-bond acceptors (Lipinski definition) is 5. The molecule has 2 N–H and O–H groups in total. The fraction of sp³-hybridized carbons (Fsp3) is 0.310. The van der Waals surface area contributed by atoms with Crippen molar-refractivity contribution >= 4 is 27.6 Å². The molecule has 0 bridgehead atoms. The third kappa shape index (κ3) is 7.35. The van der Waals surface area contributed by atoms with E-state index in [9.17, 15) is 18.0 Å². The molecule has 0 aliphatic heterocycles. The number of nitrogens with zero attached hydrogens (tertiary/aromatic N) is 1. The van der Waals surface area contributed by atoms with Crippen molar-refractivity contribution in [3.05, 3.63) is 90.0 Å². The van der Waals surface area contributed by atoms with Crippen LogP contribution in [0.5, 0.6) is 5.75 Å². The van der Waals surface area contributed by atoms with Crippen LogP contribution in [0.4, 0.5) is 10.5 Å². The van der Waals surface area contributed by atoms with Crippen LogP contribution in [0.2, 0.25) is 0 Å². The Hall–Kier alpha value is -3.85. The molecular formula is C29H35N3O5S. The van der Waals surface area contributed by atoms with Crippen LogP contribution in [0.25, 0.3) is 0 Å². The van der Waals surface area contributed by atoms with Crippen molar-refractivity contribution in [3.8, 4) is 5.75 Å². The molecule has 0 aromatic heterocycles. The summed E-state index contributed by atoms with van der Waals surface area (Å²) in [4.78, 5) is 28.1. The molecule has 3 amide bonds. The van der Waals surface area contributed by atoms with Crippen LogP contribution in [-0.2, 0) is 26.7 Å². The van der Waals surface area contributed by atoms with Crippen molar-refractivity contribution in [1.29, 1.82) is 0 Å². The van der Waals surface area contributed by atoms with Gasteiger partial charge in [0, 0.05) is 18.7 Å². The number of anilines is 1.